The van der Waals surface area contributed by atoms with Crippen molar-refractivity contribution in [2.24, 2.45) is 11.8 Å². The molecule has 22 heavy (non-hydrogen) atoms. The van der Waals surface area contributed by atoms with E-state index in [1.165, 1.54) is 0 Å². The number of hydrogen-bond donors (Lipinski definition) is 2. The molecule has 0 bridgehead atoms. The van der Waals surface area contributed by atoms with Crippen LogP contribution >= 0.6 is 0 Å². The lowest BCUT2D eigenvalue weighted by atomic mass is 10.1. The summed E-state index contributed by atoms with van der Waals surface area (Å²) < 4.78 is 10.9. The van der Waals surface area contributed by atoms with E-state index in [1.54, 1.807) is 17.0 Å². The first-order valence-electron chi connectivity index (χ1n) is 7.27. The van der Waals surface area contributed by atoms with Crippen molar-refractivity contribution in [3.8, 4) is 5.75 Å². The maximum atomic E-state index is 12.2. The number of rotatable bonds is 7. The second kappa shape index (κ2) is 7.77. The Hall–Kier alpha value is -2.12. The Kier molecular flexibility index (Phi) is 5.74. The van der Waals surface area contributed by atoms with Gasteiger partial charge < -0.3 is 14.4 Å². The maximum Gasteiger partial charge on any atom is 0.239 e. The molecular weight excluding hydrogens is 286 g/mol. The van der Waals surface area contributed by atoms with Gasteiger partial charge in [-0.2, -0.15) is 0 Å². The fourth-order valence-electron chi connectivity index (χ4n) is 2.39. The fraction of sp³-hybridized carbons (Fsp3) is 0.467. The predicted molar refractivity (Wildman–Crippen MR) is 81.2 cm³/mol. The highest BCUT2D eigenvalue weighted by molar-refractivity contribution is 6.01. The van der Waals surface area contributed by atoms with Crippen LogP contribution in [-0.4, -0.2) is 38.2 Å². The Morgan fingerprint density at radius 3 is 2.91 bits per heavy atom. The summed E-state index contributed by atoms with van der Waals surface area (Å²) in [7, 11) is 0. The molecule has 2 amide bonds. The van der Waals surface area contributed by atoms with Crippen LogP contribution in [0.2, 0.25) is 0 Å². The second-order valence-electron chi connectivity index (χ2n) is 4.93. The Bertz CT molecular complexity index is 535. The fourth-order valence-corrected chi connectivity index (χ4v) is 2.39. The zero-order chi connectivity index (χ0) is 15.9. The molecule has 0 spiro atoms. The minimum Gasteiger partial charge on any atom is -0.489 e. The van der Waals surface area contributed by atoms with Gasteiger partial charge in [-0.25, -0.2) is 5.84 Å². The number of carbonyl (C=O) groups is 2. The van der Waals surface area contributed by atoms with Crippen LogP contribution in [0, 0.1) is 5.92 Å². The monoisotopic (exact) mass is 307 g/mol. The van der Waals surface area contributed by atoms with Crippen LogP contribution in [0.3, 0.4) is 0 Å². The normalized spacial score (nSPS) is 17.6. The van der Waals surface area contributed by atoms with Crippen LogP contribution in [0.4, 0.5) is 5.69 Å². The number of para-hydroxylation sites is 2. The van der Waals surface area contributed by atoms with Crippen LogP contribution < -0.4 is 20.9 Å². The minimum atomic E-state index is -0.436. The van der Waals surface area contributed by atoms with Gasteiger partial charge in [0.25, 0.3) is 0 Å². The van der Waals surface area contributed by atoms with Crippen molar-refractivity contribution in [1.29, 1.82) is 0 Å². The predicted octanol–water partition coefficient (Wildman–Crippen LogP) is 0.445. The van der Waals surface area contributed by atoms with Crippen molar-refractivity contribution in [2.45, 2.75) is 13.3 Å². The summed E-state index contributed by atoms with van der Waals surface area (Å²) in [4.78, 5) is 25.3. The molecule has 0 aromatic heterocycles. The average Bonchev–Trinajstić information content (AvgIpc) is 2.93. The van der Waals surface area contributed by atoms with E-state index in [2.05, 4.69) is 5.43 Å². The van der Waals surface area contributed by atoms with Gasteiger partial charge in [0.1, 0.15) is 12.4 Å². The first-order chi connectivity index (χ1) is 10.7. The van der Waals surface area contributed by atoms with Crippen molar-refractivity contribution in [2.75, 3.05) is 31.3 Å². The number of hydrogen-bond acceptors (Lipinski definition) is 5. The van der Waals surface area contributed by atoms with E-state index in [1.807, 2.05) is 19.1 Å². The van der Waals surface area contributed by atoms with Gasteiger partial charge in [-0.1, -0.05) is 12.1 Å². The number of nitrogens with two attached hydrogens (primary N) is 1. The summed E-state index contributed by atoms with van der Waals surface area (Å²) in [6.07, 6.45) is 0.149. The van der Waals surface area contributed by atoms with Crippen molar-refractivity contribution in [1.82, 2.24) is 5.43 Å². The second-order valence-corrected chi connectivity index (χ2v) is 4.93. The lowest BCUT2D eigenvalue weighted by Gasteiger charge is -2.20. The van der Waals surface area contributed by atoms with Crippen molar-refractivity contribution >= 4 is 17.5 Å². The van der Waals surface area contributed by atoms with Gasteiger partial charge in [0.2, 0.25) is 11.8 Å². The van der Waals surface area contributed by atoms with Gasteiger partial charge in [0.05, 0.1) is 18.2 Å². The Morgan fingerprint density at radius 1 is 1.41 bits per heavy atom. The lowest BCUT2D eigenvalue weighted by Crippen LogP contribution is -2.37. The van der Waals surface area contributed by atoms with E-state index in [0.29, 0.717) is 37.8 Å². The zero-order valence-electron chi connectivity index (χ0n) is 12.6. The summed E-state index contributed by atoms with van der Waals surface area (Å²) in [6.45, 7) is 3.73. The molecule has 7 nitrogen and oxygen atoms in total. The Balaban J connectivity index is 2.08. The summed E-state index contributed by atoms with van der Waals surface area (Å²) in [5, 5.41) is 0. The van der Waals surface area contributed by atoms with Crippen LogP contribution in [-0.2, 0) is 14.3 Å². The third-order valence-corrected chi connectivity index (χ3v) is 3.48. The van der Waals surface area contributed by atoms with Crippen molar-refractivity contribution in [3.63, 3.8) is 0 Å². The average molecular weight is 307 g/mol. The van der Waals surface area contributed by atoms with Gasteiger partial charge in [0, 0.05) is 19.6 Å². The number of anilines is 1. The summed E-state index contributed by atoms with van der Waals surface area (Å²) in [5.74, 6) is 4.86. The summed E-state index contributed by atoms with van der Waals surface area (Å²) in [6, 6.07) is 7.26. The molecule has 3 N–H and O–H groups in total. The smallest absolute Gasteiger partial charge is 0.239 e. The van der Waals surface area contributed by atoms with Gasteiger partial charge in [-0.05, 0) is 19.1 Å². The minimum absolute atomic E-state index is 0.116. The highest BCUT2D eigenvalue weighted by Crippen LogP contribution is 2.32. The molecule has 0 radical (unpaired) electrons. The molecule has 7 heteroatoms. The highest BCUT2D eigenvalue weighted by atomic mass is 16.5. The Morgan fingerprint density at radius 2 is 2.18 bits per heavy atom. The van der Waals surface area contributed by atoms with Crippen molar-refractivity contribution < 1.29 is 19.1 Å². The van der Waals surface area contributed by atoms with Crippen LogP contribution in [0.1, 0.15) is 13.3 Å². The molecular formula is C15H21N3O4. The molecule has 1 unspecified atom stereocenters. The quantitative estimate of drug-likeness (QED) is 0.330. The highest BCUT2D eigenvalue weighted by Gasteiger charge is 2.35. The van der Waals surface area contributed by atoms with Crippen LogP contribution in [0.15, 0.2) is 24.3 Å². The van der Waals surface area contributed by atoms with Crippen LogP contribution in [0.5, 0.6) is 5.75 Å². The number of benzene rings is 1. The van der Waals surface area contributed by atoms with E-state index < -0.39 is 5.92 Å². The molecule has 0 saturated carbocycles. The number of nitrogens with one attached hydrogen (secondary N) is 1. The molecule has 1 saturated heterocycles. The lowest BCUT2D eigenvalue weighted by molar-refractivity contribution is -0.126. The van der Waals surface area contributed by atoms with E-state index in [4.69, 9.17) is 15.3 Å². The number of carbonyl (C=O) groups excluding carboxylic acids is 2. The third kappa shape index (κ3) is 3.75. The molecule has 1 aliphatic rings. The number of hydrazine groups is 1. The molecule has 1 atom stereocenters. The van der Waals surface area contributed by atoms with Gasteiger partial charge in [-0.3, -0.25) is 15.0 Å². The molecule has 1 heterocycles. The zero-order valence-corrected chi connectivity index (χ0v) is 12.6. The van der Waals surface area contributed by atoms with E-state index in [9.17, 15) is 9.59 Å². The first kappa shape index (κ1) is 16.3. The molecule has 1 aliphatic heterocycles. The van der Waals surface area contributed by atoms with Gasteiger partial charge in [0.15, 0.2) is 0 Å². The van der Waals surface area contributed by atoms with E-state index >= 15 is 0 Å². The molecule has 0 aliphatic carbocycles. The number of nitrogens with zero attached hydrogens (tertiary/aromatic N) is 1. The SMILES string of the molecule is CCOCCOc1ccccc1N1CC(C(=O)NN)CC1=O. The first-order valence-corrected chi connectivity index (χ1v) is 7.27. The van der Waals surface area contributed by atoms with E-state index in [0.717, 1.165) is 0 Å². The molecule has 1 aromatic carbocycles. The third-order valence-electron chi connectivity index (χ3n) is 3.48. The largest absolute Gasteiger partial charge is 0.489 e. The Labute approximate surface area is 129 Å². The molecule has 2 rings (SSSR count). The van der Waals surface area contributed by atoms with E-state index in [-0.39, 0.29) is 18.2 Å². The van der Waals surface area contributed by atoms with Gasteiger partial charge in [-0.15, -0.1) is 0 Å². The topological polar surface area (TPSA) is 93.9 Å². The summed E-state index contributed by atoms with van der Waals surface area (Å²) in [5.41, 5.74) is 2.76. The maximum absolute atomic E-state index is 12.2. The standard InChI is InChI=1S/C15H21N3O4/c1-2-21-7-8-22-13-6-4-3-5-12(13)18-10-11(9-14(18)19)15(20)17-16/h3-6,11H,2,7-10,16H2,1H3,(H,17,20). The van der Waals surface area contributed by atoms with Crippen LogP contribution in [0.25, 0.3) is 0 Å². The number of ether oxygens (including phenoxy) is 2. The molecule has 1 aromatic rings. The number of amides is 2. The molecule has 120 valence electrons. The van der Waals surface area contributed by atoms with Crippen molar-refractivity contribution in [3.05, 3.63) is 24.3 Å². The summed E-state index contributed by atoms with van der Waals surface area (Å²) >= 11 is 0. The molecule has 1 fully saturated rings. The van der Waals surface area contributed by atoms with Gasteiger partial charge >= 0.3 is 0 Å².